The second-order valence-corrected chi connectivity index (χ2v) is 6.38. The molecule has 0 bridgehead atoms. The van der Waals surface area contributed by atoms with Crippen LogP contribution in [0.5, 0.6) is 0 Å². The van der Waals surface area contributed by atoms with Gasteiger partial charge in [0.1, 0.15) is 6.10 Å². The molecule has 2 aromatic carbocycles. The van der Waals surface area contributed by atoms with Gasteiger partial charge in [0, 0.05) is 29.1 Å². The molecular weight excluding hydrogens is 320 g/mol. The summed E-state index contributed by atoms with van der Waals surface area (Å²) >= 11 is 0. The summed E-state index contributed by atoms with van der Waals surface area (Å²) in [6.07, 6.45) is 2.92. The molecule has 2 aromatic heterocycles. The van der Waals surface area contributed by atoms with Gasteiger partial charge in [0.05, 0.1) is 11.4 Å². The predicted octanol–water partition coefficient (Wildman–Crippen LogP) is 4.87. The van der Waals surface area contributed by atoms with E-state index >= 15 is 0 Å². The third-order valence-corrected chi connectivity index (χ3v) is 4.90. The third-order valence-electron chi connectivity index (χ3n) is 4.90. The van der Waals surface area contributed by atoms with E-state index in [0.29, 0.717) is 0 Å². The fourth-order valence-electron chi connectivity index (χ4n) is 3.73. The SMILES string of the molecule is OC1c2cccnc2-c2ncc(-c3ccccc3)c(-c3ccccc3)c21. The molecule has 3 nitrogen and oxygen atoms in total. The van der Waals surface area contributed by atoms with Crippen LogP contribution >= 0.6 is 0 Å². The van der Waals surface area contributed by atoms with Crippen LogP contribution in [0.25, 0.3) is 33.6 Å². The standard InChI is InChI=1S/C23H16N2O/c26-23-17-12-7-13-24-21(17)22-20(23)19(16-10-5-2-6-11-16)18(14-25-22)15-8-3-1-4-9-15/h1-14,23,26H. The molecule has 1 atom stereocenters. The summed E-state index contributed by atoms with van der Waals surface area (Å²) in [6.45, 7) is 0. The molecule has 2 heterocycles. The Hall–Kier alpha value is -3.30. The molecule has 3 heteroatoms. The highest BCUT2D eigenvalue weighted by molar-refractivity contribution is 5.91. The van der Waals surface area contributed by atoms with E-state index in [-0.39, 0.29) is 0 Å². The van der Waals surface area contributed by atoms with E-state index < -0.39 is 6.10 Å². The molecule has 0 radical (unpaired) electrons. The van der Waals surface area contributed by atoms with E-state index in [1.807, 2.05) is 54.7 Å². The zero-order valence-electron chi connectivity index (χ0n) is 14.0. The molecule has 0 saturated carbocycles. The van der Waals surface area contributed by atoms with Crippen molar-refractivity contribution in [2.24, 2.45) is 0 Å². The lowest BCUT2D eigenvalue weighted by Gasteiger charge is -2.17. The molecule has 1 unspecified atom stereocenters. The number of aliphatic hydroxyl groups excluding tert-OH is 1. The van der Waals surface area contributed by atoms with Gasteiger partial charge in [-0.1, -0.05) is 66.7 Å². The normalized spacial score (nSPS) is 14.7. The molecule has 4 aromatic rings. The second kappa shape index (κ2) is 5.90. The van der Waals surface area contributed by atoms with Gasteiger partial charge in [0.25, 0.3) is 0 Å². The number of rotatable bonds is 2. The molecule has 5 rings (SSSR count). The third kappa shape index (κ3) is 2.18. The highest BCUT2D eigenvalue weighted by atomic mass is 16.3. The number of aliphatic hydroxyl groups is 1. The Bertz CT molecular complexity index is 1090. The first-order valence-corrected chi connectivity index (χ1v) is 8.61. The largest absolute Gasteiger partial charge is 0.383 e. The Morgan fingerprint density at radius 3 is 2.12 bits per heavy atom. The van der Waals surface area contributed by atoms with E-state index in [9.17, 15) is 5.11 Å². The first-order valence-electron chi connectivity index (χ1n) is 8.61. The Balaban J connectivity index is 1.86. The number of hydrogen-bond donors (Lipinski definition) is 1. The summed E-state index contributed by atoms with van der Waals surface area (Å²) in [6, 6.07) is 24.1. The highest BCUT2D eigenvalue weighted by Crippen LogP contribution is 2.48. The summed E-state index contributed by atoms with van der Waals surface area (Å²) in [5, 5.41) is 11.1. The van der Waals surface area contributed by atoms with Crippen LogP contribution in [0.1, 0.15) is 17.2 Å². The minimum atomic E-state index is -0.722. The number of nitrogens with zero attached hydrogens (tertiary/aromatic N) is 2. The first-order chi connectivity index (χ1) is 12.8. The zero-order chi connectivity index (χ0) is 17.5. The van der Waals surface area contributed by atoms with Crippen molar-refractivity contribution in [3.8, 4) is 33.6 Å². The summed E-state index contributed by atoms with van der Waals surface area (Å²) in [7, 11) is 0. The summed E-state index contributed by atoms with van der Waals surface area (Å²) in [4.78, 5) is 9.16. The Labute approximate surface area is 151 Å². The van der Waals surface area contributed by atoms with Crippen molar-refractivity contribution in [1.29, 1.82) is 0 Å². The van der Waals surface area contributed by atoms with E-state index in [1.165, 1.54) is 0 Å². The summed E-state index contributed by atoms with van der Waals surface area (Å²) < 4.78 is 0. The minimum absolute atomic E-state index is 0.722. The maximum absolute atomic E-state index is 11.1. The lowest BCUT2D eigenvalue weighted by molar-refractivity contribution is 0.225. The molecular formula is C23H16N2O. The van der Waals surface area contributed by atoms with Gasteiger partial charge in [-0.25, -0.2) is 0 Å². The number of pyridine rings is 2. The van der Waals surface area contributed by atoms with Gasteiger partial charge in [0.2, 0.25) is 0 Å². The van der Waals surface area contributed by atoms with Crippen LogP contribution in [-0.4, -0.2) is 15.1 Å². The topological polar surface area (TPSA) is 46.0 Å². The van der Waals surface area contributed by atoms with Crippen LogP contribution in [0.4, 0.5) is 0 Å². The monoisotopic (exact) mass is 336 g/mol. The maximum atomic E-state index is 11.1. The van der Waals surface area contributed by atoms with Crippen LogP contribution in [0.3, 0.4) is 0 Å². The molecule has 124 valence electrons. The molecule has 0 fully saturated rings. The lowest BCUT2D eigenvalue weighted by atomic mass is 9.90. The van der Waals surface area contributed by atoms with Crippen LogP contribution in [0, 0.1) is 0 Å². The molecule has 0 aliphatic heterocycles. The molecule has 1 N–H and O–H groups in total. The van der Waals surface area contributed by atoms with Crippen molar-refractivity contribution < 1.29 is 5.11 Å². The quantitative estimate of drug-likeness (QED) is 0.568. The van der Waals surface area contributed by atoms with Gasteiger partial charge in [-0.15, -0.1) is 0 Å². The molecule has 0 saturated heterocycles. The zero-order valence-corrected chi connectivity index (χ0v) is 14.0. The highest BCUT2D eigenvalue weighted by Gasteiger charge is 2.33. The smallest absolute Gasteiger partial charge is 0.109 e. The summed E-state index contributed by atoms with van der Waals surface area (Å²) in [5.41, 5.74) is 7.38. The maximum Gasteiger partial charge on any atom is 0.109 e. The second-order valence-electron chi connectivity index (χ2n) is 6.38. The molecule has 0 spiro atoms. The van der Waals surface area contributed by atoms with E-state index in [0.717, 1.165) is 44.8 Å². The van der Waals surface area contributed by atoms with Gasteiger partial charge in [0.15, 0.2) is 0 Å². The van der Waals surface area contributed by atoms with Crippen LogP contribution in [-0.2, 0) is 0 Å². The van der Waals surface area contributed by atoms with E-state index in [4.69, 9.17) is 4.98 Å². The Kier molecular flexibility index (Phi) is 3.40. The number of fused-ring (bicyclic) bond motifs is 3. The lowest BCUT2D eigenvalue weighted by Crippen LogP contribution is -2.00. The number of hydrogen-bond acceptors (Lipinski definition) is 3. The Morgan fingerprint density at radius 1 is 0.692 bits per heavy atom. The van der Waals surface area contributed by atoms with Gasteiger partial charge < -0.3 is 5.11 Å². The van der Waals surface area contributed by atoms with Crippen molar-refractivity contribution in [3.05, 3.63) is 96.3 Å². The van der Waals surface area contributed by atoms with E-state index in [1.54, 1.807) is 6.20 Å². The molecule has 1 aliphatic carbocycles. The van der Waals surface area contributed by atoms with Crippen molar-refractivity contribution in [3.63, 3.8) is 0 Å². The van der Waals surface area contributed by atoms with Crippen LogP contribution < -0.4 is 0 Å². The minimum Gasteiger partial charge on any atom is -0.383 e. The van der Waals surface area contributed by atoms with Gasteiger partial charge >= 0.3 is 0 Å². The van der Waals surface area contributed by atoms with Crippen molar-refractivity contribution in [2.75, 3.05) is 0 Å². The predicted molar refractivity (Wildman–Crippen MR) is 102 cm³/mol. The van der Waals surface area contributed by atoms with Gasteiger partial charge in [-0.2, -0.15) is 0 Å². The van der Waals surface area contributed by atoms with Gasteiger partial charge in [-0.3, -0.25) is 9.97 Å². The van der Waals surface area contributed by atoms with E-state index in [2.05, 4.69) is 29.2 Å². The van der Waals surface area contributed by atoms with Crippen molar-refractivity contribution in [2.45, 2.75) is 6.10 Å². The van der Waals surface area contributed by atoms with Crippen molar-refractivity contribution in [1.82, 2.24) is 9.97 Å². The van der Waals surface area contributed by atoms with Crippen LogP contribution in [0.2, 0.25) is 0 Å². The molecule has 1 aliphatic rings. The number of aromatic nitrogens is 2. The molecule has 0 amide bonds. The summed E-state index contributed by atoms with van der Waals surface area (Å²) in [5.74, 6) is 0. The first kappa shape index (κ1) is 15.0. The fraction of sp³-hybridized carbons (Fsp3) is 0.0435. The average Bonchev–Trinajstić information content (AvgIpc) is 3.01. The van der Waals surface area contributed by atoms with Crippen molar-refractivity contribution >= 4 is 0 Å². The van der Waals surface area contributed by atoms with Crippen LogP contribution in [0.15, 0.2) is 85.2 Å². The van der Waals surface area contributed by atoms with Gasteiger partial charge in [-0.05, 0) is 22.8 Å². The number of benzene rings is 2. The molecule has 26 heavy (non-hydrogen) atoms. The Morgan fingerprint density at radius 2 is 1.38 bits per heavy atom. The fourth-order valence-corrected chi connectivity index (χ4v) is 3.73. The average molecular weight is 336 g/mol.